The molecule has 1 aliphatic heterocycles. The second-order valence-corrected chi connectivity index (χ2v) is 4.94. The highest BCUT2D eigenvalue weighted by molar-refractivity contribution is 5.05. The van der Waals surface area contributed by atoms with Crippen LogP contribution in [0.2, 0.25) is 0 Å². The number of hydrogen-bond acceptors (Lipinski definition) is 1. The van der Waals surface area contributed by atoms with Crippen LogP contribution in [-0.2, 0) is 0 Å². The van der Waals surface area contributed by atoms with E-state index < -0.39 is 0 Å². The predicted molar refractivity (Wildman–Crippen MR) is 45.3 cm³/mol. The highest BCUT2D eigenvalue weighted by Gasteiger charge is 2.49. The van der Waals surface area contributed by atoms with E-state index in [1.54, 1.807) is 0 Å². The molecule has 1 nitrogen and oxygen atoms in total. The topological polar surface area (TPSA) is 12.0 Å². The van der Waals surface area contributed by atoms with Gasteiger partial charge >= 0.3 is 0 Å². The Hall–Kier alpha value is -0.0400. The molecule has 5 atom stereocenters. The molecule has 1 N–H and O–H groups in total. The Morgan fingerprint density at radius 3 is 2.91 bits per heavy atom. The largest absolute Gasteiger partial charge is 0.311 e. The first kappa shape index (κ1) is 6.47. The zero-order valence-electron chi connectivity index (χ0n) is 7.22. The number of hydrogen-bond donors (Lipinski definition) is 1. The van der Waals surface area contributed by atoms with Gasteiger partial charge in [-0.2, -0.15) is 0 Å². The van der Waals surface area contributed by atoms with E-state index in [-0.39, 0.29) is 0 Å². The average Bonchev–Trinajstić information content (AvgIpc) is 2.14. The molecule has 0 aromatic rings. The summed E-state index contributed by atoms with van der Waals surface area (Å²) in [4.78, 5) is 0. The van der Waals surface area contributed by atoms with Crippen LogP contribution in [0.25, 0.3) is 0 Å². The third-order valence-corrected chi connectivity index (χ3v) is 4.08. The third-order valence-electron chi connectivity index (χ3n) is 4.08. The van der Waals surface area contributed by atoms with Crippen molar-refractivity contribution in [2.75, 3.05) is 0 Å². The maximum Gasteiger partial charge on any atom is 0.0104 e. The summed E-state index contributed by atoms with van der Waals surface area (Å²) in [5.41, 5.74) is 0. The third kappa shape index (κ3) is 0.807. The van der Waals surface area contributed by atoms with Gasteiger partial charge in [0, 0.05) is 12.1 Å². The fourth-order valence-corrected chi connectivity index (χ4v) is 3.59. The van der Waals surface area contributed by atoms with E-state index in [1.165, 1.54) is 25.7 Å². The SMILES string of the molecule is CC1CC2CC3C(C1)CC3N2. The minimum atomic E-state index is 0.896. The Kier molecular flexibility index (Phi) is 1.18. The molecule has 0 aromatic heterocycles. The maximum absolute atomic E-state index is 3.75. The van der Waals surface area contributed by atoms with Crippen molar-refractivity contribution in [3.63, 3.8) is 0 Å². The molecule has 11 heavy (non-hydrogen) atoms. The zero-order chi connectivity index (χ0) is 7.42. The van der Waals surface area contributed by atoms with Gasteiger partial charge in [0.15, 0.2) is 0 Å². The van der Waals surface area contributed by atoms with E-state index >= 15 is 0 Å². The summed E-state index contributed by atoms with van der Waals surface area (Å²) in [5.74, 6) is 3.18. The van der Waals surface area contributed by atoms with Gasteiger partial charge in [-0.25, -0.2) is 0 Å². The summed E-state index contributed by atoms with van der Waals surface area (Å²) < 4.78 is 0. The standard InChI is InChI=1S/C10H17N/c1-6-2-7-4-10-9(7)5-8(3-6)11-10/h6-11H,2-5H2,1H3. The van der Waals surface area contributed by atoms with Gasteiger partial charge in [-0.3, -0.25) is 0 Å². The number of rotatable bonds is 0. The summed E-state index contributed by atoms with van der Waals surface area (Å²) >= 11 is 0. The average molecular weight is 151 g/mol. The Balaban J connectivity index is 1.85. The molecule has 5 unspecified atom stereocenters. The minimum Gasteiger partial charge on any atom is -0.311 e. The van der Waals surface area contributed by atoms with Crippen LogP contribution in [0.1, 0.15) is 32.6 Å². The Morgan fingerprint density at radius 2 is 2.00 bits per heavy atom. The summed E-state index contributed by atoms with van der Waals surface area (Å²) in [5, 5.41) is 3.75. The van der Waals surface area contributed by atoms with Crippen molar-refractivity contribution in [1.82, 2.24) is 5.32 Å². The predicted octanol–water partition coefficient (Wildman–Crippen LogP) is 1.78. The molecule has 2 saturated carbocycles. The Labute approximate surface area is 68.6 Å². The van der Waals surface area contributed by atoms with Crippen molar-refractivity contribution in [3.8, 4) is 0 Å². The maximum atomic E-state index is 3.75. The minimum absolute atomic E-state index is 0.896. The molecule has 0 radical (unpaired) electrons. The molecular formula is C10H17N. The van der Waals surface area contributed by atoms with Crippen molar-refractivity contribution in [2.24, 2.45) is 17.8 Å². The van der Waals surface area contributed by atoms with Crippen molar-refractivity contribution in [3.05, 3.63) is 0 Å². The van der Waals surface area contributed by atoms with Crippen LogP contribution in [0.5, 0.6) is 0 Å². The lowest BCUT2D eigenvalue weighted by molar-refractivity contribution is 0.119. The molecular weight excluding hydrogens is 134 g/mol. The van der Waals surface area contributed by atoms with Gasteiger partial charge in [0.2, 0.25) is 0 Å². The lowest BCUT2D eigenvalue weighted by atomic mass is 9.67. The van der Waals surface area contributed by atoms with Gasteiger partial charge in [0.1, 0.15) is 0 Å². The van der Waals surface area contributed by atoms with Gasteiger partial charge in [-0.1, -0.05) is 6.92 Å². The van der Waals surface area contributed by atoms with E-state index in [0.29, 0.717) is 0 Å². The molecule has 0 amide bonds. The van der Waals surface area contributed by atoms with Gasteiger partial charge in [-0.15, -0.1) is 0 Å². The van der Waals surface area contributed by atoms with Gasteiger partial charge in [0.05, 0.1) is 0 Å². The van der Waals surface area contributed by atoms with E-state index in [1.807, 2.05) is 0 Å². The molecule has 3 fully saturated rings. The lowest BCUT2D eigenvalue weighted by Gasteiger charge is -2.42. The molecule has 3 rings (SSSR count). The van der Waals surface area contributed by atoms with Crippen LogP contribution in [0.3, 0.4) is 0 Å². The van der Waals surface area contributed by atoms with Gasteiger partial charge in [-0.05, 0) is 43.4 Å². The second kappa shape index (κ2) is 2.01. The van der Waals surface area contributed by atoms with Crippen LogP contribution in [0, 0.1) is 17.8 Å². The van der Waals surface area contributed by atoms with Crippen molar-refractivity contribution in [2.45, 2.75) is 44.7 Å². The first-order valence-corrected chi connectivity index (χ1v) is 5.09. The summed E-state index contributed by atoms with van der Waals surface area (Å²) in [6.45, 7) is 2.43. The Morgan fingerprint density at radius 1 is 1.09 bits per heavy atom. The molecule has 3 aliphatic rings. The number of nitrogens with one attached hydrogen (secondary N) is 1. The van der Waals surface area contributed by atoms with Crippen LogP contribution in [-0.4, -0.2) is 12.1 Å². The second-order valence-electron chi connectivity index (χ2n) is 4.94. The van der Waals surface area contributed by atoms with Crippen molar-refractivity contribution >= 4 is 0 Å². The van der Waals surface area contributed by atoms with Crippen molar-refractivity contribution < 1.29 is 0 Å². The van der Waals surface area contributed by atoms with Gasteiger partial charge < -0.3 is 5.32 Å². The van der Waals surface area contributed by atoms with E-state index in [0.717, 1.165) is 29.8 Å². The highest BCUT2D eigenvalue weighted by atomic mass is 15.0. The quantitative estimate of drug-likeness (QED) is 0.556. The van der Waals surface area contributed by atoms with Gasteiger partial charge in [0.25, 0.3) is 0 Å². The number of fused-ring (bicyclic) bond motifs is 1. The first-order chi connectivity index (χ1) is 5.33. The normalized spacial score (nSPS) is 60.3. The monoisotopic (exact) mass is 151 g/mol. The fraction of sp³-hybridized carbons (Fsp3) is 1.00. The first-order valence-electron chi connectivity index (χ1n) is 5.09. The molecule has 2 aliphatic carbocycles. The van der Waals surface area contributed by atoms with E-state index in [4.69, 9.17) is 0 Å². The molecule has 0 spiro atoms. The lowest BCUT2D eigenvalue weighted by Crippen LogP contribution is -2.46. The molecule has 1 saturated heterocycles. The molecule has 0 aromatic carbocycles. The van der Waals surface area contributed by atoms with Crippen LogP contribution >= 0.6 is 0 Å². The fourth-order valence-electron chi connectivity index (χ4n) is 3.59. The molecule has 1 heterocycles. The highest BCUT2D eigenvalue weighted by Crippen LogP contribution is 2.49. The van der Waals surface area contributed by atoms with E-state index in [2.05, 4.69) is 12.2 Å². The van der Waals surface area contributed by atoms with E-state index in [9.17, 15) is 0 Å². The van der Waals surface area contributed by atoms with Crippen LogP contribution < -0.4 is 5.32 Å². The van der Waals surface area contributed by atoms with Crippen LogP contribution in [0.15, 0.2) is 0 Å². The molecule has 62 valence electrons. The van der Waals surface area contributed by atoms with Crippen LogP contribution in [0.4, 0.5) is 0 Å². The summed E-state index contributed by atoms with van der Waals surface area (Å²) in [6.07, 6.45) is 5.97. The smallest absolute Gasteiger partial charge is 0.0104 e. The summed E-state index contributed by atoms with van der Waals surface area (Å²) in [6, 6.07) is 1.84. The summed E-state index contributed by atoms with van der Waals surface area (Å²) in [7, 11) is 0. The zero-order valence-corrected chi connectivity index (χ0v) is 7.22. The molecule has 1 heteroatoms. The van der Waals surface area contributed by atoms with Crippen molar-refractivity contribution in [1.29, 1.82) is 0 Å². The molecule has 2 bridgehead atoms. The Bertz CT molecular complexity index is 172.